The average Bonchev–Trinajstić information content (AvgIpc) is 1.88. The zero-order valence-corrected chi connectivity index (χ0v) is 6.72. The molecule has 1 aromatic rings. The van der Waals surface area contributed by atoms with Crippen molar-refractivity contribution in [3.63, 3.8) is 0 Å². The van der Waals surface area contributed by atoms with Crippen LogP contribution in [0.15, 0.2) is 22.7 Å². The molecule has 1 aromatic carbocycles. The highest BCUT2D eigenvalue weighted by atomic mass is 79.9. The summed E-state index contributed by atoms with van der Waals surface area (Å²) in [6, 6.07) is 5.20. The van der Waals surface area contributed by atoms with E-state index in [-0.39, 0.29) is 0 Å². The Labute approximate surface area is 67.6 Å². The fraction of sp³-hybridized carbons (Fsp3) is 0. The van der Waals surface area contributed by atoms with Crippen LogP contribution in [0.3, 0.4) is 0 Å². The quantitative estimate of drug-likeness (QED) is 0.502. The first-order valence-corrected chi connectivity index (χ1v) is 3.46. The van der Waals surface area contributed by atoms with Gasteiger partial charge in [-0.1, -0.05) is 28.1 Å². The van der Waals surface area contributed by atoms with Crippen molar-refractivity contribution in [3.8, 4) is 0 Å². The molecule has 0 atom stereocenters. The Hall–Kier alpha value is -1.01. The second kappa shape index (κ2) is 2.72. The van der Waals surface area contributed by atoms with Gasteiger partial charge >= 0.3 is 0 Å². The molecule has 0 bridgehead atoms. The first kappa shape index (κ1) is 7.10. The third-order valence-electron chi connectivity index (χ3n) is 1.11. The molecule has 0 radical (unpaired) electrons. The van der Waals surface area contributed by atoms with Gasteiger partial charge in [0, 0.05) is 10.2 Å². The van der Waals surface area contributed by atoms with Crippen molar-refractivity contribution in [1.82, 2.24) is 0 Å². The van der Waals surface area contributed by atoms with Crippen LogP contribution in [-0.2, 0) is 0 Å². The van der Waals surface area contributed by atoms with Crippen molar-refractivity contribution in [3.05, 3.63) is 34.1 Å². The molecule has 1 rings (SSSR count). The topological polar surface area (TPSA) is 30.4 Å². The number of anilines is 1. The number of nitrogens with zero attached hydrogens (tertiary/aromatic N) is 1. The van der Waals surface area contributed by atoms with Crippen LogP contribution in [-0.4, -0.2) is 0 Å². The second-order valence-corrected chi connectivity index (χ2v) is 2.73. The molecule has 10 heavy (non-hydrogen) atoms. The summed E-state index contributed by atoms with van der Waals surface area (Å²) in [5.41, 5.74) is 6.51. The summed E-state index contributed by atoms with van der Waals surface area (Å²) in [6.07, 6.45) is 0. The van der Waals surface area contributed by atoms with Gasteiger partial charge in [-0.2, -0.15) is 0 Å². The van der Waals surface area contributed by atoms with Crippen LogP contribution in [0.25, 0.3) is 4.85 Å². The van der Waals surface area contributed by atoms with Gasteiger partial charge in [0.05, 0.1) is 6.57 Å². The van der Waals surface area contributed by atoms with Gasteiger partial charge < -0.3 is 5.73 Å². The third kappa shape index (κ3) is 1.28. The first-order chi connectivity index (χ1) is 4.74. The first-order valence-electron chi connectivity index (χ1n) is 2.66. The smallest absolute Gasteiger partial charge is 0.209 e. The molecule has 0 heterocycles. The van der Waals surface area contributed by atoms with E-state index in [2.05, 4.69) is 20.8 Å². The molecule has 0 aliphatic carbocycles. The van der Waals surface area contributed by atoms with Crippen molar-refractivity contribution in [2.24, 2.45) is 0 Å². The highest BCUT2D eigenvalue weighted by molar-refractivity contribution is 9.10. The Bertz CT molecular complexity index is 288. The number of hydrogen-bond donors (Lipinski definition) is 1. The van der Waals surface area contributed by atoms with Gasteiger partial charge in [-0.3, -0.25) is 0 Å². The molecule has 50 valence electrons. The van der Waals surface area contributed by atoms with Crippen molar-refractivity contribution in [1.29, 1.82) is 0 Å². The van der Waals surface area contributed by atoms with Gasteiger partial charge in [0.15, 0.2) is 0 Å². The van der Waals surface area contributed by atoms with E-state index in [1.54, 1.807) is 18.2 Å². The van der Waals surface area contributed by atoms with E-state index in [9.17, 15) is 0 Å². The summed E-state index contributed by atoms with van der Waals surface area (Å²) in [6.45, 7) is 6.68. The molecule has 2 N–H and O–H groups in total. The van der Waals surface area contributed by atoms with E-state index in [0.717, 1.165) is 4.47 Å². The summed E-state index contributed by atoms with van der Waals surface area (Å²) < 4.78 is 0.900. The highest BCUT2D eigenvalue weighted by Crippen LogP contribution is 2.24. The van der Waals surface area contributed by atoms with Gasteiger partial charge in [-0.05, 0) is 6.07 Å². The summed E-state index contributed by atoms with van der Waals surface area (Å²) in [7, 11) is 0. The standard InChI is InChI=1S/C7H5BrN2/c1-10-7-3-2-5(8)4-6(7)9/h2-4H,9H2. The maximum absolute atomic E-state index is 6.68. The Kier molecular flexibility index (Phi) is 1.93. The minimum atomic E-state index is 0.503. The van der Waals surface area contributed by atoms with Gasteiger partial charge in [0.1, 0.15) is 0 Å². The van der Waals surface area contributed by atoms with E-state index in [1.807, 2.05) is 0 Å². The molecule has 0 aliphatic rings. The number of nitrogens with two attached hydrogens (primary N) is 1. The predicted molar refractivity (Wildman–Crippen MR) is 44.8 cm³/mol. The maximum atomic E-state index is 6.68. The van der Waals surface area contributed by atoms with Crippen LogP contribution in [0.4, 0.5) is 11.4 Å². The Balaban J connectivity index is 3.23. The van der Waals surface area contributed by atoms with E-state index >= 15 is 0 Å². The molecular weight excluding hydrogens is 192 g/mol. The van der Waals surface area contributed by atoms with Crippen molar-refractivity contribution >= 4 is 27.3 Å². The lowest BCUT2D eigenvalue weighted by Crippen LogP contribution is -1.83. The SMILES string of the molecule is [C-]#[N+]c1ccc(Br)cc1N. The number of rotatable bonds is 0. The molecule has 0 saturated heterocycles. The lowest BCUT2D eigenvalue weighted by atomic mass is 10.3. The van der Waals surface area contributed by atoms with Crippen LogP contribution in [0.1, 0.15) is 0 Å². The number of nitrogen functional groups attached to an aromatic ring is 1. The largest absolute Gasteiger partial charge is 0.407 e. The fourth-order valence-electron chi connectivity index (χ4n) is 0.627. The predicted octanol–water partition coefficient (Wildman–Crippen LogP) is 2.58. The van der Waals surface area contributed by atoms with Crippen molar-refractivity contribution in [2.75, 3.05) is 5.73 Å². The van der Waals surface area contributed by atoms with E-state index < -0.39 is 0 Å². The Morgan fingerprint density at radius 2 is 2.20 bits per heavy atom. The minimum absolute atomic E-state index is 0.503. The van der Waals surface area contributed by atoms with Crippen molar-refractivity contribution in [2.45, 2.75) is 0 Å². The van der Waals surface area contributed by atoms with Crippen molar-refractivity contribution < 1.29 is 0 Å². The molecule has 0 fully saturated rings. The van der Waals surface area contributed by atoms with Gasteiger partial charge in [0.25, 0.3) is 0 Å². The fourth-order valence-corrected chi connectivity index (χ4v) is 1.01. The van der Waals surface area contributed by atoms with Gasteiger partial charge in [-0.25, -0.2) is 4.85 Å². The number of halogens is 1. The Morgan fingerprint density at radius 3 is 2.70 bits per heavy atom. The molecule has 0 aromatic heterocycles. The molecule has 3 heteroatoms. The molecule has 0 saturated carbocycles. The summed E-state index contributed by atoms with van der Waals surface area (Å²) in [4.78, 5) is 3.22. The number of hydrogen-bond acceptors (Lipinski definition) is 1. The summed E-state index contributed by atoms with van der Waals surface area (Å²) >= 11 is 3.24. The zero-order chi connectivity index (χ0) is 7.56. The number of benzene rings is 1. The van der Waals surface area contributed by atoms with E-state index in [0.29, 0.717) is 11.4 Å². The van der Waals surface area contributed by atoms with Crippen LogP contribution < -0.4 is 5.73 Å². The molecule has 2 nitrogen and oxygen atoms in total. The van der Waals surface area contributed by atoms with Crippen LogP contribution in [0.2, 0.25) is 0 Å². The normalized spacial score (nSPS) is 8.80. The molecule has 0 amide bonds. The molecule has 0 spiro atoms. The lowest BCUT2D eigenvalue weighted by molar-refractivity contribution is 1.64. The van der Waals surface area contributed by atoms with Crippen LogP contribution in [0, 0.1) is 6.57 Å². The monoisotopic (exact) mass is 196 g/mol. The summed E-state index contributed by atoms with van der Waals surface area (Å²) in [5, 5.41) is 0. The molecule has 0 aliphatic heterocycles. The zero-order valence-electron chi connectivity index (χ0n) is 5.13. The minimum Gasteiger partial charge on any atom is -0.407 e. The van der Waals surface area contributed by atoms with E-state index in [4.69, 9.17) is 12.3 Å². The third-order valence-corrected chi connectivity index (χ3v) is 1.60. The Morgan fingerprint density at radius 1 is 1.50 bits per heavy atom. The van der Waals surface area contributed by atoms with Crippen LogP contribution >= 0.6 is 15.9 Å². The van der Waals surface area contributed by atoms with Gasteiger partial charge in [-0.15, -0.1) is 0 Å². The molecular formula is C7H5BrN2. The highest BCUT2D eigenvalue weighted by Gasteiger charge is 1.96. The van der Waals surface area contributed by atoms with Crippen LogP contribution in [0.5, 0.6) is 0 Å². The second-order valence-electron chi connectivity index (χ2n) is 1.81. The molecule has 0 unspecified atom stereocenters. The lowest BCUT2D eigenvalue weighted by Gasteiger charge is -1.95. The van der Waals surface area contributed by atoms with E-state index in [1.165, 1.54) is 0 Å². The van der Waals surface area contributed by atoms with Gasteiger partial charge in [0.2, 0.25) is 5.69 Å². The summed E-state index contributed by atoms with van der Waals surface area (Å²) in [5.74, 6) is 0. The maximum Gasteiger partial charge on any atom is 0.209 e. The average molecular weight is 197 g/mol.